The summed E-state index contributed by atoms with van der Waals surface area (Å²) in [6, 6.07) is 5.49. The third-order valence-electron chi connectivity index (χ3n) is 3.91. The summed E-state index contributed by atoms with van der Waals surface area (Å²) in [6.07, 6.45) is 0.756. The van der Waals surface area contributed by atoms with Crippen molar-refractivity contribution in [1.29, 1.82) is 0 Å². The van der Waals surface area contributed by atoms with Gasteiger partial charge in [-0.05, 0) is 25.5 Å². The van der Waals surface area contributed by atoms with E-state index in [4.69, 9.17) is 9.84 Å². The summed E-state index contributed by atoms with van der Waals surface area (Å²) < 4.78 is 5.87. The SMILES string of the molecule is CC(C(=O)O)C(C)C(=O)c1cccc2c1OC(C)(C)C2. The van der Waals surface area contributed by atoms with Crippen molar-refractivity contribution in [3.8, 4) is 5.75 Å². The summed E-state index contributed by atoms with van der Waals surface area (Å²) >= 11 is 0. The number of para-hydroxylation sites is 1. The number of carboxylic acids is 1. The van der Waals surface area contributed by atoms with Gasteiger partial charge < -0.3 is 9.84 Å². The Morgan fingerprint density at radius 1 is 1.25 bits per heavy atom. The van der Waals surface area contributed by atoms with Gasteiger partial charge in [0, 0.05) is 12.3 Å². The minimum Gasteiger partial charge on any atom is -0.486 e. The number of Topliss-reactive ketones (excluding diaryl/α,β-unsaturated/α-hetero) is 1. The maximum Gasteiger partial charge on any atom is 0.306 e. The molecule has 1 heterocycles. The molecule has 0 bridgehead atoms. The lowest BCUT2D eigenvalue weighted by atomic mass is 9.87. The number of carbonyl (C=O) groups excluding carboxylic acids is 1. The lowest BCUT2D eigenvalue weighted by Crippen LogP contribution is -2.27. The zero-order valence-corrected chi connectivity index (χ0v) is 12.3. The zero-order chi connectivity index (χ0) is 15.1. The van der Waals surface area contributed by atoms with Gasteiger partial charge in [0.25, 0.3) is 0 Å². The Morgan fingerprint density at radius 2 is 1.90 bits per heavy atom. The van der Waals surface area contributed by atoms with Crippen molar-refractivity contribution in [3.05, 3.63) is 29.3 Å². The topological polar surface area (TPSA) is 63.6 Å². The van der Waals surface area contributed by atoms with Gasteiger partial charge in [0.1, 0.15) is 11.4 Å². The van der Waals surface area contributed by atoms with E-state index in [2.05, 4.69) is 0 Å². The highest BCUT2D eigenvalue weighted by Gasteiger charge is 2.35. The predicted molar refractivity (Wildman–Crippen MR) is 75.1 cm³/mol. The molecule has 0 fully saturated rings. The monoisotopic (exact) mass is 276 g/mol. The number of carboxylic acid groups (broad SMARTS) is 1. The second-order valence-corrected chi connectivity index (χ2v) is 6.11. The maximum atomic E-state index is 12.5. The second kappa shape index (κ2) is 4.93. The molecule has 1 aromatic rings. The van der Waals surface area contributed by atoms with Crippen molar-refractivity contribution >= 4 is 11.8 Å². The highest BCUT2D eigenvalue weighted by Crippen LogP contribution is 2.38. The van der Waals surface area contributed by atoms with Crippen LogP contribution in [0.5, 0.6) is 5.75 Å². The molecule has 1 aliphatic heterocycles. The number of aliphatic carboxylic acids is 1. The molecule has 1 aromatic carbocycles. The first-order valence-corrected chi connectivity index (χ1v) is 6.81. The van der Waals surface area contributed by atoms with E-state index >= 15 is 0 Å². The van der Waals surface area contributed by atoms with Gasteiger partial charge in [-0.15, -0.1) is 0 Å². The summed E-state index contributed by atoms with van der Waals surface area (Å²) in [4.78, 5) is 23.5. The van der Waals surface area contributed by atoms with E-state index in [-0.39, 0.29) is 11.4 Å². The van der Waals surface area contributed by atoms with E-state index in [1.54, 1.807) is 19.9 Å². The Bertz CT molecular complexity index is 560. The molecule has 4 heteroatoms. The molecule has 0 aliphatic carbocycles. The van der Waals surface area contributed by atoms with E-state index in [0.29, 0.717) is 11.3 Å². The Labute approximate surface area is 118 Å². The average Bonchev–Trinajstić information content (AvgIpc) is 2.69. The van der Waals surface area contributed by atoms with Gasteiger partial charge >= 0.3 is 5.97 Å². The standard InChI is InChI=1S/C16H20O4/c1-9(10(2)15(18)19)13(17)12-7-5-6-11-8-16(3,4)20-14(11)12/h5-7,9-10H,8H2,1-4H3,(H,18,19). The molecular formula is C16H20O4. The molecule has 4 nitrogen and oxygen atoms in total. The van der Waals surface area contributed by atoms with Crippen LogP contribution in [0.4, 0.5) is 0 Å². The summed E-state index contributed by atoms with van der Waals surface area (Å²) in [6.45, 7) is 7.16. The highest BCUT2D eigenvalue weighted by molar-refractivity contribution is 6.02. The number of ether oxygens (including phenoxy) is 1. The predicted octanol–water partition coefficient (Wildman–Crippen LogP) is 2.94. The van der Waals surface area contributed by atoms with Crippen LogP contribution < -0.4 is 4.74 Å². The van der Waals surface area contributed by atoms with E-state index in [1.165, 1.54) is 0 Å². The fourth-order valence-corrected chi connectivity index (χ4v) is 2.50. The van der Waals surface area contributed by atoms with Gasteiger partial charge in [0.15, 0.2) is 5.78 Å². The van der Waals surface area contributed by atoms with Gasteiger partial charge in [0.05, 0.1) is 11.5 Å². The number of benzene rings is 1. The van der Waals surface area contributed by atoms with Crippen LogP contribution in [0.1, 0.15) is 43.6 Å². The lowest BCUT2D eigenvalue weighted by Gasteiger charge is -2.19. The first-order chi connectivity index (χ1) is 9.23. The molecule has 1 aliphatic rings. The normalized spacial score (nSPS) is 18.8. The third-order valence-corrected chi connectivity index (χ3v) is 3.91. The molecule has 0 saturated heterocycles. The molecular weight excluding hydrogens is 256 g/mol. The molecule has 1 N–H and O–H groups in total. The molecule has 20 heavy (non-hydrogen) atoms. The number of fused-ring (bicyclic) bond motifs is 1. The minimum absolute atomic E-state index is 0.172. The van der Waals surface area contributed by atoms with Crippen LogP contribution in [0.15, 0.2) is 18.2 Å². The van der Waals surface area contributed by atoms with Crippen molar-refractivity contribution in [1.82, 2.24) is 0 Å². The Morgan fingerprint density at radius 3 is 2.50 bits per heavy atom. The van der Waals surface area contributed by atoms with Crippen molar-refractivity contribution in [3.63, 3.8) is 0 Å². The van der Waals surface area contributed by atoms with Crippen molar-refractivity contribution in [2.45, 2.75) is 39.7 Å². The number of hydrogen-bond donors (Lipinski definition) is 1. The largest absolute Gasteiger partial charge is 0.486 e. The van der Waals surface area contributed by atoms with Gasteiger partial charge in [-0.2, -0.15) is 0 Å². The van der Waals surface area contributed by atoms with Crippen LogP contribution >= 0.6 is 0 Å². The van der Waals surface area contributed by atoms with Crippen LogP contribution in [0.3, 0.4) is 0 Å². The van der Waals surface area contributed by atoms with E-state index < -0.39 is 17.8 Å². The van der Waals surface area contributed by atoms with Gasteiger partial charge in [-0.25, -0.2) is 0 Å². The van der Waals surface area contributed by atoms with Crippen LogP contribution in [0, 0.1) is 11.8 Å². The van der Waals surface area contributed by atoms with Crippen molar-refractivity contribution in [2.75, 3.05) is 0 Å². The van der Waals surface area contributed by atoms with Crippen LogP contribution in [0.2, 0.25) is 0 Å². The molecule has 0 amide bonds. The smallest absolute Gasteiger partial charge is 0.306 e. The van der Waals surface area contributed by atoms with E-state index in [0.717, 1.165) is 12.0 Å². The minimum atomic E-state index is -0.959. The number of rotatable bonds is 4. The van der Waals surface area contributed by atoms with E-state index in [1.807, 2.05) is 26.0 Å². The number of ketones is 1. The summed E-state index contributed by atoms with van der Waals surface area (Å²) in [7, 11) is 0. The molecule has 0 spiro atoms. The zero-order valence-electron chi connectivity index (χ0n) is 12.3. The van der Waals surface area contributed by atoms with Crippen LogP contribution in [-0.2, 0) is 11.2 Å². The highest BCUT2D eigenvalue weighted by atomic mass is 16.5. The van der Waals surface area contributed by atoms with Gasteiger partial charge in [0.2, 0.25) is 0 Å². The molecule has 0 aromatic heterocycles. The molecule has 0 saturated carbocycles. The average molecular weight is 276 g/mol. The molecule has 108 valence electrons. The fraction of sp³-hybridized carbons (Fsp3) is 0.500. The van der Waals surface area contributed by atoms with Gasteiger partial charge in [-0.3, -0.25) is 9.59 Å². The molecule has 0 radical (unpaired) electrons. The Kier molecular flexibility index (Phi) is 3.59. The summed E-state index contributed by atoms with van der Waals surface area (Å²) in [5, 5.41) is 9.04. The Balaban J connectivity index is 2.34. The van der Waals surface area contributed by atoms with Crippen LogP contribution in [0.25, 0.3) is 0 Å². The Hall–Kier alpha value is -1.84. The summed E-state index contributed by atoms with van der Waals surface area (Å²) in [5.41, 5.74) is 1.19. The number of carbonyl (C=O) groups is 2. The lowest BCUT2D eigenvalue weighted by molar-refractivity contribution is -0.142. The fourth-order valence-electron chi connectivity index (χ4n) is 2.50. The first-order valence-electron chi connectivity index (χ1n) is 6.81. The first kappa shape index (κ1) is 14.6. The van der Waals surface area contributed by atoms with Crippen LogP contribution in [-0.4, -0.2) is 22.5 Å². The van der Waals surface area contributed by atoms with Crippen molar-refractivity contribution < 1.29 is 19.4 Å². The quantitative estimate of drug-likeness (QED) is 0.859. The van der Waals surface area contributed by atoms with Crippen molar-refractivity contribution in [2.24, 2.45) is 11.8 Å². The molecule has 2 atom stereocenters. The maximum absolute atomic E-state index is 12.5. The number of hydrogen-bond acceptors (Lipinski definition) is 3. The second-order valence-electron chi connectivity index (χ2n) is 6.11. The third kappa shape index (κ3) is 2.55. The van der Waals surface area contributed by atoms with Gasteiger partial charge in [-0.1, -0.05) is 26.0 Å². The van der Waals surface area contributed by atoms with E-state index in [9.17, 15) is 9.59 Å². The molecule has 2 rings (SSSR count). The molecule has 2 unspecified atom stereocenters. The summed E-state index contributed by atoms with van der Waals surface area (Å²) in [5.74, 6) is -1.81.